The van der Waals surface area contributed by atoms with Gasteiger partial charge >= 0.3 is 6.03 Å². The highest BCUT2D eigenvalue weighted by atomic mass is 32.2. The summed E-state index contributed by atoms with van der Waals surface area (Å²) in [4.78, 5) is 37.8. The van der Waals surface area contributed by atoms with E-state index in [1.54, 1.807) is 6.92 Å². The fourth-order valence-electron chi connectivity index (χ4n) is 7.86. The Morgan fingerprint density at radius 1 is 0.956 bits per heavy atom. The molecule has 1 aliphatic heterocycles. The van der Waals surface area contributed by atoms with Crippen LogP contribution in [0, 0.1) is 23.7 Å². The van der Waals surface area contributed by atoms with Gasteiger partial charge in [0, 0.05) is 18.3 Å². The number of hydrogen-bond acceptors (Lipinski definition) is 10. The smallest absolute Gasteiger partial charge is 0.324 e. The summed E-state index contributed by atoms with van der Waals surface area (Å²) in [5.74, 6) is 1.81. The lowest BCUT2D eigenvalue weighted by Gasteiger charge is -2.54. The van der Waals surface area contributed by atoms with Crippen molar-refractivity contribution in [1.29, 1.82) is 0 Å². The van der Waals surface area contributed by atoms with Crippen molar-refractivity contribution >= 4 is 44.6 Å². The summed E-state index contributed by atoms with van der Waals surface area (Å²) in [6.07, 6.45) is 2.84. The molecule has 16 heteroatoms. The van der Waals surface area contributed by atoms with Crippen molar-refractivity contribution in [3.8, 4) is 0 Å². The van der Waals surface area contributed by atoms with Crippen LogP contribution < -0.4 is 20.7 Å². The number of likely N-dealkylation sites (N-methyl/N-ethyl adjacent to an activating group) is 1. The van der Waals surface area contributed by atoms with Gasteiger partial charge in [-0.3, -0.25) is 14.7 Å². The molecule has 15 nitrogen and oxygen atoms in total. The third kappa shape index (κ3) is 5.54. The Labute approximate surface area is 259 Å². The summed E-state index contributed by atoms with van der Waals surface area (Å²) in [5.41, 5.74) is 0.732. The Bertz CT molecular complexity index is 1690. The summed E-state index contributed by atoms with van der Waals surface area (Å²) in [6, 6.07) is 5.29. The van der Waals surface area contributed by atoms with Gasteiger partial charge in [0.05, 0.1) is 11.2 Å². The van der Waals surface area contributed by atoms with Crippen molar-refractivity contribution < 1.29 is 33.0 Å². The van der Waals surface area contributed by atoms with Crippen LogP contribution in [0.15, 0.2) is 41.8 Å². The molecule has 240 valence electrons. The number of sulfonamides is 1. The number of urea groups is 1. The Morgan fingerprint density at radius 2 is 1.64 bits per heavy atom. The number of carbonyl (C=O) groups is 2. The first-order valence-electron chi connectivity index (χ1n) is 15.3. The van der Waals surface area contributed by atoms with E-state index in [4.69, 9.17) is 4.74 Å². The zero-order chi connectivity index (χ0) is 31.5. The number of imidazole rings is 1. The van der Waals surface area contributed by atoms with E-state index < -0.39 is 46.5 Å². The minimum atomic E-state index is -3.72. The number of aliphatic hydroxyl groups excluding tert-OH is 2. The van der Waals surface area contributed by atoms with Gasteiger partial charge in [-0.25, -0.2) is 32.9 Å². The average molecular weight is 641 g/mol. The second-order valence-corrected chi connectivity index (χ2v) is 14.3. The molecule has 1 aromatic carbocycles. The van der Waals surface area contributed by atoms with E-state index in [9.17, 15) is 28.2 Å². The molecule has 4 aliphatic carbocycles. The normalized spacial score (nSPS) is 32.1. The molecule has 8 rings (SSSR count). The number of aliphatic hydroxyl groups is 2. The van der Waals surface area contributed by atoms with Gasteiger partial charge < -0.3 is 25.6 Å². The lowest BCUT2D eigenvalue weighted by molar-refractivity contribution is -0.137. The first kappa shape index (κ1) is 30.0. The van der Waals surface area contributed by atoms with E-state index in [-0.39, 0.29) is 27.9 Å². The molecular weight excluding hydrogens is 604 g/mol. The zero-order valence-corrected chi connectivity index (χ0v) is 25.4. The second kappa shape index (κ2) is 11.6. The molecule has 0 unspecified atom stereocenters. The molecule has 4 saturated carbocycles. The third-order valence-corrected chi connectivity index (χ3v) is 11.1. The number of benzene rings is 1. The molecule has 5 aliphatic rings. The van der Waals surface area contributed by atoms with Gasteiger partial charge in [-0.1, -0.05) is 0 Å². The maximum Gasteiger partial charge on any atom is 0.324 e. The van der Waals surface area contributed by atoms with Crippen LogP contribution in [0.3, 0.4) is 0 Å². The zero-order valence-electron chi connectivity index (χ0n) is 24.5. The number of hydrogen-bond donors (Lipinski definition) is 6. The van der Waals surface area contributed by atoms with Crippen LogP contribution in [-0.4, -0.2) is 81.0 Å². The summed E-state index contributed by atoms with van der Waals surface area (Å²) >= 11 is 0. The highest BCUT2D eigenvalue weighted by molar-refractivity contribution is 7.89. The van der Waals surface area contributed by atoms with Crippen molar-refractivity contribution in [2.45, 2.75) is 74.5 Å². The molecular formula is C29H36N8O7S. The van der Waals surface area contributed by atoms with Gasteiger partial charge in [-0.05, 0) is 87.0 Å². The molecule has 3 amide bonds. The van der Waals surface area contributed by atoms with E-state index in [0.29, 0.717) is 24.1 Å². The van der Waals surface area contributed by atoms with Gasteiger partial charge in [0.2, 0.25) is 10.0 Å². The number of rotatable bonds is 8. The fourth-order valence-corrected chi connectivity index (χ4v) is 9.24. The minimum Gasteiger partial charge on any atom is -0.387 e. The Kier molecular flexibility index (Phi) is 7.72. The summed E-state index contributed by atoms with van der Waals surface area (Å²) in [6.45, 7) is 2.05. The summed E-state index contributed by atoms with van der Waals surface area (Å²) in [5, 5.41) is 28.8. The quantitative estimate of drug-likeness (QED) is 0.208. The number of amides is 3. The Balaban J connectivity index is 1.00. The summed E-state index contributed by atoms with van der Waals surface area (Å²) < 4.78 is 36.5. The van der Waals surface area contributed by atoms with Crippen LogP contribution in [0.1, 0.15) is 45.3 Å². The summed E-state index contributed by atoms with van der Waals surface area (Å²) in [7, 11) is -3.72. The standard InChI is InChI=1S/C29H36N8O7S/c1-2-30-27(40)24-22(38)23(39)28(44-24)37-13-33-21-25(31-12-32-26(21)37)35-29(41)34-18-3-5-19(6-4-18)45(42,43)36-20-16-8-14-7-15(10-16)11-17(20)9-14/h3-6,12-17,20,22-24,28,36,38-39H,2,7-11H2,1H3,(H,30,40)(H2,31,32,34,35,41)/t14?,15?,16?,17?,20?,22-,23+,24-,28+/m0/s1. The average Bonchev–Trinajstić information content (AvgIpc) is 3.56. The largest absolute Gasteiger partial charge is 0.387 e. The lowest BCUT2D eigenvalue weighted by Crippen LogP contribution is -2.55. The SMILES string of the molecule is CCNC(=O)[C@H]1O[C@@H](n2cnc3c(NC(=O)Nc4ccc(S(=O)(=O)NC5C6CC7CC(C6)CC5C7)cc4)ncnc32)[C@H](O)[C@@H]1O. The third-order valence-electron chi connectivity index (χ3n) is 9.65. The molecule has 0 spiro atoms. The highest BCUT2D eigenvalue weighted by Gasteiger charge is 2.50. The van der Waals surface area contributed by atoms with E-state index in [1.165, 1.54) is 47.9 Å². The van der Waals surface area contributed by atoms with E-state index >= 15 is 0 Å². The van der Waals surface area contributed by atoms with E-state index in [2.05, 4.69) is 35.6 Å². The van der Waals surface area contributed by atoms with Crippen molar-refractivity contribution in [3.05, 3.63) is 36.9 Å². The first-order chi connectivity index (χ1) is 21.6. The monoisotopic (exact) mass is 640 g/mol. The predicted octanol–water partition coefficient (Wildman–Crippen LogP) is 1.33. The number of ether oxygens (including phenoxy) is 1. The van der Waals surface area contributed by atoms with Gasteiger partial charge in [0.25, 0.3) is 5.91 Å². The van der Waals surface area contributed by atoms with Crippen LogP contribution in [0.4, 0.5) is 16.3 Å². The molecule has 0 radical (unpaired) electrons. The van der Waals surface area contributed by atoms with Crippen molar-refractivity contribution in [3.63, 3.8) is 0 Å². The molecule has 4 atom stereocenters. The highest BCUT2D eigenvalue weighted by Crippen LogP contribution is 2.54. The van der Waals surface area contributed by atoms with Crippen LogP contribution >= 0.6 is 0 Å². The number of nitrogens with zero attached hydrogens (tertiary/aromatic N) is 4. The molecule has 5 fully saturated rings. The van der Waals surface area contributed by atoms with Crippen molar-refractivity contribution in [1.82, 2.24) is 29.6 Å². The lowest BCUT2D eigenvalue weighted by atomic mass is 9.54. The number of fused-ring (bicyclic) bond motifs is 1. The second-order valence-electron chi connectivity index (χ2n) is 12.6. The maximum atomic E-state index is 13.2. The molecule has 3 heterocycles. The van der Waals surface area contributed by atoms with Gasteiger partial charge in [0.15, 0.2) is 29.3 Å². The van der Waals surface area contributed by atoms with Gasteiger partial charge in [-0.15, -0.1) is 0 Å². The fraction of sp³-hybridized carbons (Fsp3) is 0.552. The van der Waals surface area contributed by atoms with Gasteiger partial charge in [-0.2, -0.15) is 0 Å². The van der Waals surface area contributed by atoms with Crippen molar-refractivity contribution in [2.24, 2.45) is 23.7 Å². The first-order valence-corrected chi connectivity index (χ1v) is 16.8. The van der Waals surface area contributed by atoms with E-state index in [1.807, 2.05) is 0 Å². The Hall–Kier alpha value is -3.70. The number of aromatic nitrogens is 4. The molecule has 1 saturated heterocycles. The molecule has 2 aromatic heterocycles. The minimum absolute atomic E-state index is 0.0184. The maximum absolute atomic E-state index is 13.2. The molecule has 45 heavy (non-hydrogen) atoms. The van der Waals surface area contributed by atoms with Crippen LogP contribution in [0.5, 0.6) is 0 Å². The van der Waals surface area contributed by atoms with Gasteiger partial charge in [0.1, 0.15) is 18.5 Å². The molecule has 6 N–H and O–H groups in total. The van der Waals surface area contributed by atoms with Crippen LogP contribution in [0.25, 0.3) is 11.2 Å². The van der Waals surface area contributed by atoms with Crippen molar-refractivity contribution in [2.75, 3.05) is 17.2 Å². The molecule has 4 bridgehead atoms. The number of anilines is 2. The number of carbonyl (C=O) groups excluding carboxylic acids is 2. The van der Waals surface area contributed by atoms with Crippen LogP contribution in [0.2, 0.25) is 0 Å². The van der Waals surface area contributed by atoms with Crippen LogP contribution in [-0.2, 0) is 19.6 Å². The van der Waals surface area contributed by atoms with E-state index in [0.717, 1.165) is 37.5 Å². The Morgan fingerprint density at radius 3 is 2.31 bits per heavy atom. The molecule has 3 aromatic rings. The number of nitrogens with one attached hydrogen (secondary N) is 4. The topological polar surface area (TPSA) is 210 Å². The predicted molar refractivity (Wildman–Crippen MR) is 160 cm³/mol.